The Balaban J connectivity index is 1.67. The van der Waals surface area contributed by atoms with E-state index in [1.165, 1.54) is 16.7 Å². The molecule has 0 spiro atoms. The number of ether oxygens (including phenoxy) is 1. The average molecular weight is 303 g/mol. The van der Waals surface area contributed by atoms with Crippen molar-refractivity contribution in [1.82, 2.24) is 0 Å². The number of para-hydroxylation sites is 2. The van der Waals surface area contributed by atoms with Crippen LogP contribution in [-0.2, 0) is 13.2 Å². The summed E-state index contributed by atoms with van der Waals surface area (Å²) in [6, 6.07) is 26.7. The molecule has 0 amide bonds. The highest BCUT2D eigenvalue weighted by atomic mass is 16.5. The monoisotopic (exact) mass is 303 g/mol. The zero-order valence-corrected chi connectivity index (χ0v) is 13.3. The summed E-state index contributed by atoms with van der Waals surface area (Å²) in [5.74, 6) is 0.880. The molecule has 3 aromatic rings. The topological polar surface area (TPSA) is 21.3 Å². The first-order valence-corrected chi connectivity index (χ1v) is 7.87. The van der Waals surface area contributed by atoms with E-state index in [0.29, 0.717) is 6.61 Å². The van der Waals surface area contributed by atoms with E-state index in [1.807, 2.05) is 36.4 Å². The molecule has 2 heteroatoms. The van der Waals surface area contributed by atoms with Gasteiger partial charge in [-0.15, -0.1) is 0 Å². The van der Waals surface area contributed by atoms with Crippen LogP contribution in [0.1, 0.15) is 16.7 Å². The number of aryl methyl sites for hydroxylation is 1. The van der Waals surface area contributed by atoms with Crippen molar-refractivity contribution in [1.29, 1.82) is 0 Å². The maximum absolute atomic E-state index is 5.98. The van der Waals surface area contributed by atoms with E-state index in [0.717, 1.165) is 18.0 Å². The summed E-state index contributed by atoms with van der Waals surface area (Å²) in [7, 11) is 0. The third kappa shape index (κ3) is 4.13. The van der Waals surface area contributed by atoms with Crippen molar-refractivity contribution < 1.29 is 4.74 Å². The van der Waals surface area contributed by atoms with Crippen molar-refractivity contribution in [2.75, 3.05) is 5.32 Å². The second-order valence-electron chi connectivity index (χ2n) is 5.55. The van der Waals surface area contributed by atoms with Crippen LogP contribution in [0.15, 0.2) is 78.9 Å². The van der Waals surface area contributed by atoms with Crippen molar-refractivity contribution in [2.45, 2.75) is 20.1 Å². The molecular formula is C21H21NO. The lowest BCUT2D eigenvalue weighted by Crippen LogP contribution is -2.04. The van der Waals surface area contributed by atoms with Gasteiger partial charge in [0.1, 0.15) is 12.4 Å². The van der Waals surface area contributed by atoms with Crippen LogP contribution in [-0.4, -0.2) is 0 Å². The molecule has 0 aliphatic carbocycles. The Morgan fingerprint density at radius 2 is 1.48 bits per heavy atom. The molecule has 0 radical (unpaired) electrons. The van der Waals surface area contributed by atoms with Gasteiger partial charge in [0.2, 0.25) is 0 Å². The molecule has 0 heterocycles. The van der Waals surface area contributed by atoms with Gasteiger partial charge in [0, 0.05) is 6.54 Å². The fourth-order valence-corrected chi connectivity index (χ4v) is 2.47. The Morgan fingerprint density at radius 1 is 0.783 bits per heavy atom. The maximum atomic E-state index is 5.98. The fourth-order valence-electron chi connectivity index (χ4n) is 2.47. The molecule has 2 nitrogen and oxygen atoms in total. The predicted octanol–water partition coefficient (Wildman–Crippen LogP) is 5.19. The molecule has 0 bridgehead atoms. The van der Waals surface area contributed by atoms with Crippen molar-refractivity contribution in [3.8, 4) is 5.75 Å². The van der Waals surface area contributed by atoms with E-state index < -0.39 is 0 Å². The van der Waals surface area contributed by atoms with E-state index in [9.17, 15) is 0 Å². The van der Waals surface area contributed by atoms with Crippen molar-refractivity contribution in [2.24, 2.45) is 0 Å². The average Bonchev–Trinajstić information content (AvgIpc) is 2.61. The van der Waals surface area contributed by atoms with Gasteiger partial charge in [0.15, 0.2) is 0 Å². The Kier molecular flexibility index (Phi) is 4.95. The smallest absolute Gasteiger partial charge is 0.142 e. The molecule has 23 heavy (non-hydrogen) atoms. The molecule has 0 atom stereocenters. The van der Waals surface area contributed by atoms with Gasteiger partial charge in [-0.1, -0.05) is 66.7 Å². The van der Waals surface area contributed by atoms with Crippen LogP contribution in [0.2, 0.25) is 0 Å². The summed E-state index contributed by atoms with van der Waals surface area (Å²) in [5, 5.41) is 3.48. The molecule has 0 aromatic heterocycles. The predicted molar refractivity (Wildman–Crippen MR) is 95.7 cm³/mol. The quantitative estimate of drug-likeness (QED) is 0.677. The maximum Gasteiger partial charge on any atom is 0.142 e. The zero-order chi connectivity index (χ0) is 15.9. The van der Waals surface area contributed by atoms with Gasteiger partial charge in [-0.25, -0.2) is 0 Å². The Morgan fingerprint density at radius 3 is 2.30 bits per heavy atom. The van der Waals surface area contributed by atoms with Gasteiger partial charge in [-0.3, -0.25) is 0 Å². The van der Waals surface area contributed by atoms with E-state index in [1.54, 1.807) is 0 Å². The SMILES string of the molecule is Cc1ccccc1CNc1ccccc1OCc1ccccc1. The van der Waals surface area contributed by atoms with E-state index in [4.69, 9.17) is 4.74 Å². The number of hydrogen-bond donors (Lipinski definition) is 1. The van der Waals surface area contributed by atoms with Gasteiger partial charge < -0.3 is 10.1 Å². The third-order valence-corrected chi connectivity index (χ3v) is 3.85. The van der Waals surface area contributed by atoms with Crippen LogP contribution in [0.25, 0.3) is 0 Å². The first-order chi connectivity index (χ1) is 11.3. The van der Waals surface area contributed by atoms with Gasteiger partial charge >= 0.3 is 0 Å². The zero-order valence-electron chi connectivity index (χ0n) is 13.3. The van der Waals surface area contributed by atoms with E-state index >= 15 is 0 Å². The molecule has 3 rings (SSSR count). The molecule has 116 valence electrons. The molecule has 0 unspecified atom stereocenters. The second kappa shape index (κ2) is 7.50. The molecule has 0 saturated heterocycles. The normalized spacial score (nSPS) is 10.3. The second-order valence-corrected chi connectivity index (χ2v) is 5.55. The molecule has 0 saturated carbocycles. The van der Waals surface area contributed by atoms with E-state index in [-0.39, 0.29) is 0 Å². The van der Waals surface area contributed by atoms with E-state index in [2.05, 4.69) is 54.7 Å². The van der Waals surface area contributed by atoms with Crippen LogP contribution in [0.3, 0.4) is 0 Å². The Hall–Kier alpha value is -2.74. The lowest BCUT2D eigenvalue weighted by molar-refractivity contribution is 0.307. The minimum absolute atomic E-state index is 0.573. The first kappa shape index (κ1) is 15.2. The highest BCUT2D eigenvalue weighted by molar-refractivity contribution is 5.56. The number of hydrogen-bond acceptors (Lipinski definition) is 2. The standard InChI is InChI=1S/C21H21NO/c1-17-9-5-6-12-19(17)15-22-20-13-7-8-14-21(20)23-16-18-10-3-2-4-11-18/h2-14,22H,15-16H2,1H3. The summed E-state index contributed by atoms with van der Waals surface area (Å²) in [5.41, 5.74) is 4.78. The first-order valence-electron chi connectivity index (χ1n) is 7.87. The van der Waals surface area contributed by atoms with Gasteiger partial charge in [0.05, 0.1) is 5.69 Å². The van der Waals surface area contributed by atoms with Gasteiger partial charge in [-0.2, -0.15) is 0 Å². The summed E-state index contributed by atoms with van der Waals surface area (Å²) in [4.78, 5) is 0. The van der Waals surface area contributed by atoms with Crippen molar-refractivity contribution in [3.63, 3.8) is 0 Å². The third-order valence-electron chi connectivity index (χ3n) is 3.85. The summed E-state index contributed by atoms with van der Waals surface area (Å²) in [6.07, 6.45) is 0. The van der Waals surface area contributed by atoms with Gasteiger partial charge in [-0.05, 0) is 35.7 Å². The molecule has 0 aliphatic heterocycles. The van der Waals surface area contributed by atoms with Crippen LogP contribution in [0.4, 0.5) is 5.69 Å². The number of benzene rings is 3. The van der Waals surface area contributed by atoms with Crippen LogP contribution in [0, 0.1) is 6.92 Å². The lowest BCUT2D eigenvalue weighted by Gasteiger charge is -2.14. The highest BCUT2D eigenvalue weighted by Crippen LogP contribution is 2.25. The number of rotatable bonds is 6. The minimum Gasteiger partial charge on any atom is -0.487 e. The minimum atomic E-state index is 0.573. The van der Waals surface area contributed by atoms with Crippen LogP contribution < -0.4 is 10.1 Å². The van der Waals surface area contributed by atoms with Gasteiger partial charge in [0.25, 0.3) is 0 Å². The summed E-state index contributed by atoms with van der Waals surface area (Å²) < 4.78 is 5.98. The van der Waals surface area contributed by atoms with Crippen LogP contribution in [0.5, 0.6) is 5.75 Å². The molecule has 3 aromatic carbocycles. The number of nitrogens with one attached hydrogen (secondary N) is 1. The number of anilines is 1. The molecule has 0 fully saturated rings. The summed E-state index contributed by atoms with van der Waals surface area (Å²) in [6.45, 7) is 3.50. The molecular weight excluding hydrogens is 282 g/mol. The Labute approximate surface area is 137 Å². The molecule has 1 N–H and O–H groups in total. The largest absolute Gasteiger partial charge is 0.487 e. The lowest BCUT2D eigenvalue weighted by atomic mass is 10.1. The van der Waals surface area contributed by atoms with Crippen molar-refractivity contribution >= 4 is 5.69 Å². The Bertz CT molecular complexity index is 753. The fraction of sp³-hybridized carbons (Fsp3) is 0.143. The van der Waals surface area contributed by atoms with Crippen LogP contribution >= 0.6 is 0 Å². The summed E-state index contributed by atoms with van der Waals surface area (Å²) >= 11 is 0. The highest BCUT2D eigenvalue weighted by Gasteiger charge is 2.04. The van der Waals surface area contributed by atoms with Crippen molar-refractivity contribution in [3.05, 3.63) is 95.6 Å². The molecule has 0 aliphatic rings.